The topological polar surface area (TPSA) is 88.4 Å². The zero-order valence-corrected chi connectivity index (χ0v) is 22.7. The number of carbonyl (C=O) groups excluding carboxylic acids is 1. The molecule has 2 unspecified atom stereocenters. The van der Waals surface area contributed by atoms with Gasteiger partial charge in [-0.2, -0.15) is 4.31 Å². The van der Waals surface area contributed by atoms with Crippen molar-refractivity contribution in [3.05, 3.63) is 24.3 Å². The Hall–Kier alpha value is -1.91. The summed E-state index contributed by atoms with van der Waals surface area (Å²) < 4.78 is 29.8. The largest absolute Gasteiger partial charge is 0.337 e. The van der Waals surface area contributed by atoms with Crippen molar-refractivity contribution >= 4 is 27.7 Å². The van der Waals surface area contributed by atoms with Crippen LogP contribution in [-0.4, -0.2) is 69.2 Å². The average Bonchev–Trinajstić information content (AvgIpc) is 3.05. The molecule has 1 amide bonds. The van der Waals surface area contributed by atoms with Gasteiger partial charge in [0.15, 0.2) is 11.0 Å². The predicted molar refractivity (Wildman–Crippen MR) is 139 cm³/mol. The minimum absolute atomic E-state index is 0.143. The highest BCUT2D eigenvalue weighted by Gasteiger charge is 2.29. The lowest BCUT2D eigenvalue weighted by atomic mass is 9.98. The van der Waals surface area contributed by atoms with Gasteiger partial charge >= 0.3 is 0 Å². The Balaban J connectivity index is 1.47. The molecule has 0 saturated carbocycles. The predicted octanol–water partition coefficient (Wildman–Crippen LogP) is 4.41. The quantitative estimate of drug-likeness (QED) is 0.504. The van der Waals surface area contributed by atoms with Crippen LogP contribution in [0.4, 0.5) is 0 Å². The Morgan fingerprint density at radius 2 is 1.60 bits per heavy atom. The standard InChI is InChI=1S/C25H37N5O3S2/c1-4-29-24(26-27-25(29)34-18-23(31)30-19(2)10-9-11-20(30)3)21-12-14-22(15-13-21)35(32,33)28-16-7-5-6-8-17-28/h12-15,19-20H,4-11,16-18H2,1-3H3. The van der Waals surface area contributed by atoms with E-state index in [4.69, 9.17) is 0 Å². The van der Waals surface area contributed by atoms with E-state index in [1.165, 1.54) is 18.2 Å². The van der Waals surface area contributed by atoms with E-state index in [-0.39, 0.29) is 18.0 Å². The number of hydrogen-bond donors (Lipinski definition) is 0. The molecule has 1 aromatic carbocycles. The van der Waals surface area contributed by atoms with Gasteiger partial charge in [-0.25, -0.2) is 8.42 Å². The van der Waals surface area contributed by atoms with Crippen LogP contribution >= 0.6 is 11.8 Å². The monoisotopic (exact) mass is 519 g/mol. The number of hydrogen-bond acceptors (Lipinski definition) is 6. The fourth-order valence-electron chi connectivity index (χ4n) is 5.21. The Labute approximate surface area is 213 Å². The van der Waals surface area contributed by atoms with Crippen LogP contribution < -0.4 is 0 Å². The van der Waals surface area contributed by atoms with Crippen molar-refractivity contribution in [3.8, 4) is 11.4 Å². The van der Waals surface area contributed by atoms with E-state index in [0.717, 1.165) is 44.1 Å². The zero-order valence-electron chi connectivity index (χ0n) is 21.0. The van der Waals surface area contributed by atoms with Crippen LogP contribution in [0, 0.1) is 0 Å². The van der Waals surface area contributed by atoms with Crippen LogP contribution in [0.25, 0.3) is 11.4 Å². The van der Waals surface area contributed by atoms with Crippen LogP contribution in [0.5, 0.6) is 0 Å². The first-order valence-electron chi connectivity index (χ1n) is 12.8. The van der Waals surface area contributed by atoms with Crippen molar-refractivity contribution in [2.75, 3.05) is 18.8 Å². The van der Waals surface area contributed by atoms with E-state index in [1.54, 1.807) is 28.6 Å². The van der Waals surface area contributed by atoms with Crippen molar-refractivity contribution in [1.82, 2.24) is 24.0 Å². The summed E-state index contributed by atoms with van der Waals surface area (Å²) >= 11 is 1.42. The van der Waals surface area contributed by atoms with Gasteiger partial charge in [0.1, 0.15) is 0 Å². The molecule has 2 atom stereocenters. The smallest absolute Gasteiger partial charge is 0.243 e. The minimum atomic E-state index is -3.49. The van der Waals surface area contributed by atoms with Crippen LogP contribution in [0.2, 0.25) is 0 Å². The molecule has 4 rings (SSSR count). The lowest BCUT2D eigenvalue weighted by Crippen LogP contribution is -2.48. The van der Waals surface area contributed by atoms with E-state index in [0.29, 0.717) is 41.3 Å². The number of likely N-dealkylation sites (tertiary alicyclic amines) is 1. The van der Waals surface area contributed by atoms with Crippen LogP contribution in [-0.2, 0) is 21.4 Å². The van der Waals surface area contributed by atoms with E-state index in [2.05, 4.69) is 24.0 Å². The molecule has 0 radical (unpaired) electrons. The van der Waals surface area contributed by atoms with E-state index < -0.39 is 10.0 Å². The van der Waals surface area contributed by atoms with Gasteiger partial charge in [-0.05, 0) is 77.1 Å². The molecule has 0 spiro atoms. The third-order valence-electron chi connectivity index (χ3n) is 7.15. The third kappa shape index (κ3) is 5.75. The third-order valence-corrected chi connectivity index (χ3v) is 10.0. The molecule has 1 aromatic heterocycles. The molecule has 0 aliphatic carbocycles. The average molecular weight is 520 g/mol. The van der Waals surface area contributed by atoms with Gasteiger partial charge in [0.2, 0.25) is 15.9 Å². The van der Waals surface area contributed by atoms with Crippen molar-refractivity contribution < 1.29 is 13.2 Å². The highest BCUT2D eigenvalue weighted by molar-refractivity contribution is 7.99. The molecule has 192 valence electrons. The van der Waals surface area contributed by atoms with Gasteiger partial charge < -0.3 is 9.47 Å². The van der Waals surface area contributed by atoms with Crippen molar-refractivity contribution in [3.63, 3.8) is 0 Å². The number of aromatic nitrogens is 3. The first kappa shape index (κ1) is 26.2. The Morgan fingerprint density at radius 3 is 2.20 bits per heavy atom. The second-order valence-electron chi connectivity index (χ2n) is 9.61. The lowest BCUT2D eigenvalue weighted by Gasteiger charge is -2.39. The van der Waals surface area contributed by atoms with Gasteiger partial charge in [-0.1, -0.05) is 24.6 Å². The SMILES string of the molecule is CCn1c(SCC(=O)N2C(C)CCCC2C)nnc1-c1ccc(S(=O)(=O)N2CCCCCC2)cc1. The zero-order chi connectivity index (χ0) is 25.0. The maximum Gasteiger partial charge on any atom is 0.243 e. The van der Waals surface area contributed by atoms with E-state index in [9.17, 15) is 13.2 Å². The van der Waals surface area contributed by atoms with Gasteiger partial charge in [0.05, 0.1) is 10.6 Å². The molecule has 35 heavy (non-hydrogen) atoms. The minimum Gasteiger partial charge on any atom is -0.337 e. The summed E-state index contributed by atoms with van der Waals surface area (Å²) in [6.45, 7) is 8.10. The number of thioether (sulfide) groups is 1. The van der Waals surface area contributed by atoms with Gasteiger partial charge in [0.25, 0.3) is 0 Å². The molecule has 2 aliphatic heterocycles. The molecule has 3 heterocycles. The Bertz CT molecular complexity index is 1100. The van der Waals surface area contributed by atoms with Crippen molar-refractivity contribution in [1.29, 1.82) is 0 Å². The Kier molecular flexibility index (Phi) is 8.54. The Morgan fingerprint density at radius 1 is 0.971 bits per heavy atom. The van der Waals surface area contributed by atoms with Crippen LogP contribution in [0.1, 0.15) is 65.7 Å². The summed E-state index contributed by atoms with van der Waals surface area (Å²) in [5.41, 5.74) is 0.811. The maximum atomic E-state index is 13.1. The normalized spacial score (nSPS) is 22.2. The second-order valence-corrected chi connectivity index (χ2v) is 12.5. The van der Waals surface area contributed by atoms with Gasteiger partial charge in [0, 0.05) is 37.3 Å². The van der Waals surface area contributed by atoms with E-state index >= 15 is 0 Å². The molecule has 2 fully saturated rings. The van der Waals surface area contributed by atoms with Gasteiger partial charge in [-0.15, -0.1) is 10.2 Å². The fraction of sp³-hybridized carbons (Fsp3) is 0.640. The number of piperidine rings is 1. The number of carbonyl (C=O) groups is 1. The summed E-state index contributed by atoms with van der Waals surface area (Å²) in [4.78, 5) is 15.3. The first-order chi connectivity index (χ1) is 16.8. The van der Waals surface area contributed by atoms with Crippen molar-refractivity contribution in [2.24, 2.45) is 0 Å². The van der Waals surface area contributed by atoms with Gasteiger partial charge in [-0.3, -0.25) is 4.79 Å². The number of nitrogens with zero attached hydrogens (tertiary/aromatic N) is 5. The summed E-state index contributed by atoms with van der Waals surface area (Å²) in [5, 5.41) is 9.43. The van der Waals surface area contributed by atoms with Crippen LogP contribution in [0.3, 0.4) is 0 Å². The summed E-state index contributed by atoms with van der Waals surface area (Å²) in [6.07, 6.45) is 7.27. The number of amides is 1. The fourth-order valence-corrected chi connectivity index (χ4v) is 7.60. The molecule has 2 saturated heterocycles. The maximum absolute atomic E-state index is 13.1. The first-order valence-corrected chi connectivity index (χ1v) is 15.2. The molecule has 2 aromatic rings. The highest BCUT2D eigenvalue weighted by atomic mass is 32.2. The number of benzene rings is 1. The molecule has 0 bridgehead atoms. The molecule has 0 N–H and O–H groups in total. The molecule has 2 aliphatic rings. The summed E-state index contributed by atoms with van der Waals surface area (Å²) in [6, 6.07) is 7.49. The molecular weight excluding hydrogens is 482 g/mol. The summed E-state index contributed by atoms with van der Waals surface area (Å²) in [7, 11) is -3.49. The lowest BCUT2D eigenvalue weighted by molar-refractivity contribution is -0.134. The molecule has 8 nitrogen and oxygen atoms in total. The van der Waals surface area contributed by atoms with Crippen molar-refractivity contribution in [2.45, 2.75) is 94.4 Å². The van der Waals surface area contributed by atoms with Crippen LogP contribution in [0.15, 0.2) is 34.3 Å². The summed E-state index contributed by atoms with van der Waals surface area (Å²) in [5.74, 6) is 1.16. The highest BCUT2D eigenvalue weighted by Crippen LogP contribution is 2.28. The number of sulfonamides is 1. The number of rotatable bonds is 7. The molecule has 10 heteroatoms. The molecular formula is C25H37N5O3S2. The van der Waals surface area contributed by atoms with E-state index in [1.807, 2.05) is 16.4 Å². The second kappa shape index (κ2) is 11.4.